The van der Waals surface area contributed by atoms with E-state index in [1.165, 1.54) is 44.2 Å². The molecule has 0 bridgehead atoms. The van der Waals surface area contributed by atoms with Crippen LogP contribution in [0, 0.1) is 0 Å². The van der Waals surface area contributed by atoms with E-state index in [0.29, 0.717) is 0 Å². The zero-order valence-corrected chi connectivity index (χ0v) is 32.9. The largest absolute Gasteiger partial charge is 0.453 e. The molecule has 0 aliphatic rings. The van der Waals surface area contributed by atoms with Crippen LogP contribution >= 0.6 is 0 Å². The molecule has 11 rings (SSSR count). The predicted molar refractivity (Wildman–Crippen MR) is 253 cm³/mol. The maximum atomic E-state index is 7.13. The summed E-state index contributed by atoms with van der Waals surface area (Å²) in [4.78, 5) is 2.34. The summed E-state index contributed by atoms with van der Waals surface area (Å²) in [5.74, 6) is 0. The Bertz CT molecular complexity index is 3260. The first kappa shape index (κ1) is 35.2. The molecule has 11 aromatic rings. The molecule has 0 aliphatic carbocycles. The number of fused-ring (bicyclic) bond motifs is 4. The van der Waals surface area contributed by atoms with Gasteiger partial charge < -0.3 is 9.32 Å². The van der Waals surface area contributed by atoms with Crippen LogP contribution < -0.4 is 4.90 Å². The topological polar surface area (TPSA) is 16.4 Å². The first-order chi connectivity index (χ1) is 29.8. The zero-order valence-electron chi connectivity index (χ0n) is 32.9. The van der Waals surface area contributed by atoms with Crippen molar-refractivity contribution in [3.63, 3.8) is 0 Å². The van der Waals surface area contributed by atoms with Crippen LogP contribution in [0.3, 0.4) is 0 Å². The number of hydrogen-bond acceptors (Lipinski definition) is 2. The van der Waals surface area contributed by atoms with Crippen molar-refractivity contribution >= 4 is 49.8 Å². The van der Waals surface area contributed by atoms with E-state index in [2.05, 4.69) is 241 Å². The second kappa shape index (κ2) is 15.1. The van der Waals surface area contributed by atoms with Gasteiger partial charge >= 0.3 is 0 Å². The van der Waals surface area contributed by atoms with E-state index in [1.807, 2.05) is 0 Å². The molecule has 0 unspecified atom stereocenters. The van der Waals surface area contributed by atoms with Gasteiger partial charge in [0.05, 0.1) is 5.69 Å². The molecule has 0 radical (unpaired) electrons. The second-order valence-corrected chi connectivity index (χ2v) is 15.3. The Morgan fingerprint density at radius 1 is 0.283 bits per heavy atom. The average molecular weight is 766 g/mol. The maximum absolute atomic E-state index is 7.13. The normalized spacial score (nSPS) is 11.3. The lowest BCUT2D eigenvalue weighted by molar-refractivity contribution is 0.670. The summed E-state index contributed by atoms with van der Waals surface area (Å²) < 4.78 is 7.13. The highest BCUT2D eigenvalue weighted by atomic mass is 16.3. The SMILES string of the molecule is c1ccc(-c2ccc(N(c3ccc(-c4ccc5ccccc5c4-c4ccccc4)cc3)c3cccc4c3oc3c(-c5ccccc5)cc(-c5ccccc5)cc34)cc2)cc1. The van der Waals surface area contributed by atoms with Crippen molar-refractivity contribution in [3.8, 4) is 55.6 Å². The number of benzene rings is 10. The number of nitrogens with zero attached hydrogens (tertiary/aromatic N) is 1. The van der Waals surface area contributed by atoms with Crippen molar-refractivity contribution in [2.75, 3.05) is 4.90 Å². The molecule has 2 heteroatoms. The van der Waals surface area contributed by atoms with Gasteiger partial charge in [0.2, 0.25) is 0 Å². The smallest absolute Gasteiger partial charge is 0.159 e. The first-order valence-corrected chi connectivity index (χ1v) is 20.5. The molecule has 0 amide bonds. The van der Waals surface area contributed by atoms with Gasteiger partial charge in [0.1, 0.15) is 5.58 Å². The quantitative estimate of drug-likeness (QED) is 0.153. The molecule has 0 saturated heterocycles. The van der Waals surface area contributed by atoms with E-state index in [4.69, 9.17) is 4.42 Å². The Morgan fingerprint density at radius 2 is 0.783 bits per heavy atom. The van der Waals surface area contributed by atoms with E-state index < -0.39 is 0 Å². The van der Waals surface area contributed by atoms with E-state index in [1.54, 1.807) is 0 Å². The Hall–Kier alpha value is -7.94. The summed E-state index contributed by atoms with van der Waals surface area (Å²) in [6.45, 7) is 0. The lowest BCUT2D eigenvalue weighted by Gasteiger charge is -2.26. The minimum absolute atomic E-state index is 0.840. The second-order valence-electron chi connectivity index (χ2n) is 15.3. The Balaban J connectivity index is 1.10. The van der Waals surface area contributed by atoms with E-state index in [0.717, 1.165) is 61.3 Å². The van der Waals surface area contributed by atoms with Gasteiger partial charge in [0.25, 0.3) is 0 Å². The summed E-state index contributed by atoms with van der Waals surface area (Å²) in [6, 6.07) is 84.6. The molecule has 282 valence electrons. The minimum Gasteiger partial charge on any atom is -0.453 e. The summed E-state index contributed by atoms with van der Waals surface area (Å²) >= 11 is 0. The monoisotopic (exact) mass is 765 g/mol. The van der Waals surface area contributed by atoms with Crippen LogP contribution in [0.4, 0.5) is 17.1 Å². The molecule has 0 atom stereocenters. The molecule has 1 heterocycles. The number of anilines is 3. The highest BCUT2D eigenvalue weighted by Crippen LogP contribution is 2.46. The third kappa shape index (κ3) is 6.32. The number of hydrogen-bond donors (Lipinski definition) is 0. The van der Waals surface area contributed by atoms with Crippen LogP contribution in [-0.2, 0) is 0 Å². The summed E-state index contributed by atoms with van der Waals surface area (Å²) in [7, 11) is 0. The van der Waals surface area contributed by atoms with Crippen LogP contribution in [0.1, 0.15) is 0 Å². The van der Waals surface area contributed by atoms with E-state index >= 15 is 0 Å². The first-order valence-electron chi connectivity index (χ1n) is 20.5. The molecule has 60 heavy (non-hydrogen) atoms. The predicted octanol–water partition coefficient (Wildman–Crippen LogP) is 16.5. The van der Waals surface area contributed by atoms with Crippen LogP contribution in [0.2, 0.25) is 0 Å². The molecule has 1 aromatic heterocycles. The number of rotatable bonds is 8. The molecule has 10 aromatic carbocycles. The molecule has 2 nitrogen and oxygen atoms in total. The lowest BCUT2D eigenvalue weighted by Crippen LogP contribution is -2.10. The van der Waals surface area contributed by atoms with Gasteiger partial charge in [-0.25, -0.2) is 0 Å². The van der Waals surface area contributed by atoms with E-state index in [9.17, 15) is 0 Å². The number of para-hydroxylation sites is 1. The standard InChI is InChI=1S/C58H39NO/c1-5-16-40(17-6-1)42-28-33-48(34-29-42)59(49-35-30-45(31-36-49)51-37-32-44-22-13-14-25-50(44)56(51)46-23-11-4-12-24-46)55-27-15-26-52-54-39-47(41-18-7-2-8-19-41)38-53(57(54)60-58(52)55)43-20-9-3-10-21-43/h1-39H. The van der Waals surface area contributed by atoms with Gasteiger partial charge in [-0.3, -0.25) is 0 Å². The zero-order chi connectivity index (χ0) is 39.8. The van der Waals surface area contributed by atoms with Crippen molar-refractivity contribution < 1.29 is 4.42 Å². The fraction of sp³-hybridized carbons (Fsp3) is 0. The van der Waals surface area contributed by atoms with Crippen molar-refractivity contribution in [1.82, 2.24) is 0 Å². The van der Waals surface area contributed by atoms with Crippen molar-refractivity contribution in [1.29, 1.82) is 0 Å². The van der Waals surface area contributed by atoms with Crippen molar-refractivity contribution in [2.24, 2.45) is 0 Å². The lowest BCUT2D eigenvalue weighted by atomic mass is 9.90. The van der Waals surface area contributed by atoms with Gasteiger partial charge in [0, 0.05) is 27.7 Å². The van der Waals surface area contributed by atoms with Gasteiger partial charge in [-0.1, -0.05) is 194 Å². The molecule has 0 aliphatic heterocycles. The summed E-state index contributed by atoms with van der Waals surface area (Å²) in [6.07, 6.45) is 0. The molecule has 0 saturated carbocycles. The van der Waals surface area contributed by atoms with Crippen LogP contribution in [-0.4, -0.2) is 0 Å². The van der Waals surface area contributed by atoms with Crippen molar-refractivity contribution in [3.05, 3.63) is 237 Å². The molecule has 0 N–H and O–H groups in total. The highest BCUT2D eigenvalue weighted by molar-refractivity contribution is 6.15. The molecular formula is C58H39NO. The van der Waals surface area contributed by atoms with Gasteiger partial charge in [0.15, 0.2) is 5.58 Å². The molecule has 0 fully saturated rings. The van der Waals surface area contributed by atoms with Crippen LogP contribution in [0.15, 0.2) is 241 Å². The molecular weight excluding hydrogens is 727 g/mol. The summed E-state index contributed by atoms with van der Waals surface area (Å²) in [5, 5.41) is 4.63. The Labute approximate surface area is 349 Å². The Kier molecular flexibility index (Phi) is 8.87. The number of furan rings is 1. The van der Waals surface area contributed by atoms with Gasteiger partial charge in [-0.15, -0.1) is 0 Å². The Morgan fingerprint density at radius 3 is 1.43 bits per heavy atom. The maximum Gasteiger partial charge on any atom is 0.159 e. The fourth-order valence-electron chi connectivity index (χ4n) is 8.77. The minimum atomic E-state index is 0.840. The average Bonchev–Trinajstić information content (AvgIpc) is 3.72. The highest BCUT2D eigenvalue weighted by Gasteiger charge is 2.22. The summed E-state index contributed by atoms with van der Waals surface area (Å²) in [5.41, 5.74) is 16.4. The van der Waals surface area contributed by atoms with Gasteiger partial charge in [-0.2, -0.15) is 0 Å². The third-order valence-electron chi connectivity index (χ3n) is 11.7. The van der Waals surface area contributed by atoms with Crippen molar-refractivity contribution in [2.45, 2.75) is 0 Å². The van der Waals surface area contributed by atoms with Crippen LogP contribution in [0.5, 0.6) is 0 Å². The van der Waals surface area contributed by atoms with Gasteiger partial charge in [-0.05, 0) is 103 Å². The third-order valence-corrected chi connectivity index (χ3v) is 11.7. The van der Waals surface area contributed by atoms with Crippen LogP contribution in [0.25, 0.3) is 88.3 Å². The van der Waals surface area contributed by atoms with E-state index in [-0.39, 0.29) is 0 Å². The molecule has 0 spiro atoms. The fourth-order valence-corrected chi connectivity index (χ4v) is 8.77.